The van der Waals surface area contributed by atoms with Gasteiger partial charge in [-0.3, -0.25) is 0 Å². The normalized spacial score (nSPS) is 10.3. The van der Waals surface area contributed by atoms with Gasteiger partial charge in [-0.2, -0.15) is 0 Å². The molecule has 0 radical (unpaired) electrons. The van der Waals surface area contributed by atoms with E-state index in [1.165, 1.54) is 18.2 Å². The van der Waals surface area contributed by atoms with Crippen LogP contribution in [0.25, 0.3) is 0 Å². The molecule has 2 rings (SSSR count). The molecule has 0 saturated heterocycles. The molecule has 0 unspecified atom stereocenters. The van der Waals surface area contributed by atoms with E-state index in [0.717, 1.165) is 11.1 Å². The van der Waals surface area contributed by atoms with Gasteiger partial charge in [-0.25, -0.2) is 4.79 Å². The van der Waals surface area contributed by atoms with Gasteiger partial charge < -0.3 is 15.6 Å². The molecule has 0 aliphatic heterocycles. The molecule has 0 bridgehead atoms. The van der Waals surface area contributed by atoms with Gasteiger partial charge in [0.05, 0.1) is 11.3 Å². The minimum Gasteiger partial charge on any atom is -0.478 e. The van der Waals surface area contributed by atoms with E-state index >= 15 is 0 Å². The van der Waals surface area contributed by atoms with Crippen LogP contribution in [0, 0.1) is 13.8 Å². The SMILES string of the molecule is Cc1cc(Oc2cc(C(=O)O)ccc2N)cc(C)c1Cl. The fourth-order valence-electron chi connectivity index (χ4n) is 1.85. The second-order valence-corrected chi connectivity index (χ2v) is 4.91. The number of hydrogen-bond donors (Lipinski definition) is 2. The molecule has 0 aromatic heterocycles. The molecule has 0 atom stereocenters. The van der Waals surface area contributed by atoms with E-state index in [1.807, 2.05) is 13.8 Å². The number of halogens is 1. The van der Waals surface area contributed by atoms with Crippen LogP contribution in [0.2, 0.25) is 5.02 Å². The zero-order valence-electron chi connectivity index (χ0n) is 11.1. The van der Waals surface area contributed by atoms with Gasteiger partial charge in [0, 0.05) is 5.02 Å². The average Bonchev–Trinajstić information content (AvgIpc) is 2.38. The first-order chi connectivity index (χ1) is 9.38. The van der Waals surface area contributed by atoms with Crippen LogP contribution < -0.4 is 10.5 Å². The fourth-order valence-corrected chi connectivity index (χ4v) is 1.96. The lowest BCUT2D eigenvalue weighted by Crippen LogP contribution is -1.99. The Hall–Kier alpha value is -2.20. The summed E-state index contributed by atoms with van der Waals surface area (Å²) < 4.78 is 5.67. The van der Waals surface area contributed by atoms with Crippen LogP contribution in [0.3, 0.4) is 0 Å². The van der Waals surface area contributed by atoms with Crippen LogP contribution in [-0.2, 0) is 0 Å². The van der Waals surface area contributed by atoms with Crippen LogP contribution in [0.1, 0.15) is 21.5 Å². The van der Waals surface area contributed by atoms with Crippen LogP contribution in [-0.4, -0.2) is 11.1 Å². The molecule has 5 heteroatoms. The van der Waals surface area contributed by atoms with E-state index in [0.29, 0.717) is 22.2 Å². The van der Waals surface area contributed by atoms with Crippen molar-refractivity contribution in [3.05, 3.63) is 52.0 Å². The first kappa shape index (κ1) is 14.2. The smallest absolute Gasteiger partial charge is 0.335 e. The number of rotatable bonds is 3. The molecule has 0 aliphatic carbocycles. The minimum absolute atomic E-state index is 0.122. The molecule has 0 saturated carbocycles. The maximum atomic E-state index is 11.0. The zero-order chi connectivity index (χ0) is 14.9. The standard InChI is InChI=1S/C15H14ClNO3/c1-8-5-11(6-9(2)14(8)16)20-13-7-10(15(18)19)3-4-12(13)17/h3-7H,17H2,1-2H3,(H,18,19). The number of carboxylic acid groups (broad SMARTS) is 1. The van der Waals surface area contributed by atoms with Crippen molar-refractivity contribution in [2.45, 2.75) is 13.8 Å². The lowest BCUT2D eigenvalue weighted by molar-refractivity contribution is 0.0696. The number of anilines is 1. The molecular formula is C15H14ClNO3. The second kappa shape index (κ2) is 5.43. The summed E-state index contributed by atoms with van der Waals surface area (Å²) in [5.74, 6) is -0.150. The largest absolute Gasteiger partial charge is 0.478 e. The molecule has 2 aromatic rings. The van der Waals surface area contributed by atoms with Gasteiger partial charge in [0.2, 0.25) is 0 Å². The van der Waals surface area contributed by atoms with Gasteiger partial charge in [-0.05, 0) is 55.3 Å². The second-order valence-electron chi connectivity index (χ2n) is 4.53. The van der Waals surface area contributed by atoms with Gasteiger partial charge >= 0.3 is 5.97 Å². The number of aromatic carboxylic acids is 1. The van der Waals surface area contributed by atoms with E-state index < -0.39 is 5.97 Å². The van der Waals surface area contributed by atoms with Crippen LogP contribution in [0.4, 0.5) is 5.69 Å². The Morgan fingerprint density at radius 3 is 2.35 bits per heavy atom. The van der Waals surface area contributed by atoms with Crippen molar-refractivity contribution in [3.8, 4) is 11.5 Å². The van der Waals surface area contributed by atoms with Crippen molar-refractivity contribution < 1.29 is 14.6 Å². The highest BCUT2D eigenvalue weighted by Gasteiger charge is 2.10. The minimum atomic E-state index is -1.03. The summed E-state index contributed by atoms with van der Waals surface area (Å²) in [5, 5.41) is 9.66. The van der Waals surface area contributed by atoms with Crippen molar-refractivity contribution in [3.63, 3.8) is 0 Å². The highest BCUT2D eigenvalue weighted by atomic mass is 35.5. The molecule has 104 valence electrons. The molecule has 20 heavy (non-hydrogen) atoms. The van der Waals surface area contributed by atoms with E-state index in [-0.39, 0.29) is 5.56 Å². The fraction of sp³-hybridized carbons (Fsp3) is 0.133. The molecule has 0 amide bonds. The van der Waals surface area contributed by atoms with Gasteiger partial charge in [0.25, 0.3) is 0 Å². The Bertz CT molecular complexity index is 660. The quantitative estimate of drug-likeness (QED) is 0.837. The third-order valence-corrected chi connectivity index (χ3v) is 3.49. The predicted molar refractivity (Wildman–Crippen MR) is 78.8 cm³/mol. The molecule has 4 nitrogen and oxygen atoms in total. The lowest BCUT2D eigenvalue weighted by atomic mass is 10.1. The summed E-state index contributed by atoms with van der Waals surface area (Å²) in [7, 11) is 0. The summed E-state index contributed by atoms with van der Waals surface area (Å²) in [6.07, 6.45) is 0. The number of aryl methyl sites for hydroxylation is 2. The molecule has 2 aromatic carbocycles. The summed E-state index contributed by atoms with van der Waals surface area (Å²) in [5.41, 5.74) is 8.06. The Kier molecular flexibility index (Phi) is 3.86. The molecule has 0 heterocycles. The highest BCUT2D eigenvalue weighted by Crippen LogP contribution is 2.32. The third kappa shape index (κ3) is 2.86. The van der Waals surface area contributed by atoms with Gasteiger partial charge in [-0.1, -0.05) is 11.6 Å². The van der Waals surface area contributed by atoms with Crippen molar-refractivity contribution in [2.75, 3.05) is 5.73 Å². The molecular weight excluding hydrogens is 278 g/mol. The molecule has 0 aliphatic rings. The first-order valence-electron chi connectivity index (χ1n) is 5.96. The van der Waals surface area contributed by atoms with Gasteiger partial charge in [0.1, 0.15) is 5.75 Å². The van der Waals surface area contributed by atoms with Crippen molar-refractivity contribution in [2.24, 2.45) is 0 Å². The average molecular weight is 292 g/mol. The Balaban J connectivity index is 2.39. The lowest BCUT2D eigenvalue weighted by Gasteiger charge is -2.12. The predicted octanol–water partition coefficient (Wildman–Crippen LogP) is 4.03. The van der Waals surface area contributed by atoms with Crippen LogP contribution in [0.5, 0.6) is 11.5 Å². The number of carboxylic acids is 1. The van der Waals surface area contributed by atoms with E-state index in [1.54, 1.807) is 12.1 Å². The maximum absolute atomic E-state index is 11.0. The van der Waals surface area contributed by atoms with Crippen molar-refractivity contribution in [1.82, 2.24) is 0 Å². The van der Waals surface area contributed by atoms with E-state index in [2.05, 4.69) is 0 Å². The number of ether oxygens (including phenoxy) is 1. The Labute approximate surface area is 121 Å². The number of benzene rings is 2. The Morgan fingerprint density at radius 1 is 1.20 bits per heavy atom. The molecule has 0 fully saturated rings. The molecule has 0 spiro atoms. The van der Waals surface area contributed by atoms with Crippen LogP contribution in [0.15, 0.2) is 30.3 Å². The summed E-state index contributed by atoms with van der Waals surface area (Å²) in [4.78, 5) is 11.0. The summed E-state index contributed by atoms with van der Waals surface area (Å²) >= 11 is 6.09. The van der Waals surface area contributed by atoms with E-state index in [9.17, 15) is 4.79 Å². The maximum Gasteiger partial charge on any atom is 0.335 e. The number of nitrogens with two attached hydrogens (primary N) is 1. The first-order valence-corrected chi connectivity index (χ1v) is 6.33. The monoisotopic (exact) mass is 291 g/mol. The van der Waals surface area contributed by atoms with Gasteiger partial charge in [0.15, 0.2) is 5.75 Å². The van der Waals surface area contributed by atoms with Crippen LogP contribution >= 0.6 is 11.6 Å². The summed E-state index contributed by atoms with van der Waals surface area (Å²) in [6.45, 7) is 3.75. The van der Waals surface area contributed by atoms with Crippen molar-refractivity contribution >= 4 is 23.3 Å². The van der Waals surface area contributed by atoms with Crippen molar-refractivity contribution in [1.29, 1.82) is 0 Å². The Morgan fingerprint density at radius 2 is 1.80 bits per heavy atom. The topological polar surface area (TPSA) is 72.5 Å². The zero-order valence-corrected chi connectivity index (χ0v) is 11.9. The van der Waals surface area contributed by atoms with Gasteiger partial charge in [-0.15, -0.1) is 0 Å². The highest BCUT2D eigenvalue weighted by molar-refractivity contribution is 6.32. The van der Waals surface area contributed by atoms with E-state index in [4.69, 9.17) is 27.2 Å². The summed E-state index contributed by atoms with van der Waals surface area (Å²) in [6, 6.07) is 7.90. The number of carbonyl (C=O) groups is 1. The third-order valence-electron chi connectivity index (χ3n) is 2.90. The number of nitrogen functional groups attached to an aromatic ring is 1. The molecule has 3 N–H and O–H groups in total. The number of hydrogen-bond acceptors (Lipinski definition) is 3.